The molecule has 1 aliphatic rings. The second-order valence-corrected chi connectivity index (χ2v) is 17.0. The van der Waals surface area contributed by atoms with Crippen LogP contribution in [0.2, 0.25) is 5.04 Å². The zero-order chi connectivity index (χ0) is 26.2. The van der Waals surface area contributed by atoms with Crippen molar-refractivity contribution < 1.29 is 9.53 Å². The maximum absolute atomic E-state index is 11.0. The van der Waals surface area contributed by atoms with Gasteiger partial charge in [-0.05, 0) is 52.2 Å². The molecule has 0 aliphatic heterocycles. The van der Waals surface area contributed by atoms with E-state index in [9.17, 15) is 5.11 Å². The number of rotatable bonds is 9. The molecule has 0 bridgehead atoms. The normalized spacial score (nSPS) is 16.2. The second kappa shape index (κ2) is 10.5. The Labute approximate surface area is 230 Å². The van der Waals surface area contributed by atoms with E-state index in [2.05, 4.69) is 133 Å². The molecule has 4 aromatic rings. The minimum absolute atomic E-state index is 0.0397. The molecule has 194 valence electrons. The molecule has 5 rings (SSSR count). The Morgan fingerprint density at radius 3 is 2.11 bits per heavy atom. The monoisotopic (exact) mass is 575 g/mol. The molecule has 3 aromatic carbocycles. The van der Waals surface area contributed by atoms with Crippen molar-refractivity contribution in [3.05, 3.63) is 95.1 Å². The van der Waals surface area contributed by atoms with E-state index in [0.717, 1.165) is 34.8 Å². The molecule has 1 aromatic heterocycles. The summed E-state index contributed by atoms with van der Waals surface area (Å²) in [6, 6.07) is 28.1. The van der Waals surface area contributed by atoms with Crippen LogP contribution in [0.1, 0.15) is 52.2 Å². The molecule has 5 heteroatoms. The summed E-state index contributed by atoms with van der Waals surface area (Å²) in [6.07, 6.45) is 4.04. The highest BCUT2D eigenvalue weighted by Crippen LogP contribution is 2.44. The molecule has 37 heavy (non-hydrogen) atoms. The second-order valence-electron chi connectivity index (χ2n) is 11.8. The third-order valence-corrected chi connectivity index (χ3v) is 13.3. The Bertz CT molecular complexity index is 1300. The van der Waals surface area contributed by atoms with Crippen LogP contribution in [0.25, 0.3) is 10.9 Å². The Hall–Kier alpha value is -2.18. The van der Waals surface area contributed by atoms with E-state index in [-0.39, 0.29) is 11.1 Å². The molecular formula is C32H38BrNO2Si. The van der Waals surface area contributed by atoms with Gasteiger partial charge in [-0.15, -0.1) is 0 Å². The molecule has 1 aliphatic carbocycles. The number of benzene rings is 3. The SMILES string of the molecule is CC(CO[Si](c1ccccc1)(c1ccccc1)C(C)(C)C)Cn1cc(C(O)C2CC2)c2ccc(Br)cc21. The van der Waals surface area contributed by atoms with E-state index >= 15 is 0 Å². The number of fused-ring (bicyclic) bond motifs is 1. The summed E-state index contributed by atoms with van der Waals surface area (Å²) in [5, 5.41) is 14.7. The van der Waals surface area contributed by atoms with Crippen molar-refractivity contribution in [1.82, 2.24) is 4.57 Å². The van der Waals surface area contributed by atoms with Crippen molar-refractivity contribution in [3.8, 4) is 0 Å². The molecule has 0 radical (unpaired) electrons. The van der Waals surface area contributed by atoms with Crippen molar-refractivity contribution in [2.24, 2.45) is 11.8 Å². The lowest BCUT2D eigenvalue weighted by Gasteiger charge is -2.43. The topological polar surface area (TPSA) is 34.4 Å². The standard InChI is InChI=1S/C32H38BrNO2Si/c1-23(20-34-21-29(31(35)24-15-16-24)28-18-17-25(33)19-30(28)34)22-36-37(32(2,3)4,26-11-7-5-8-12-26)27-13-9-6-10-14-27/h5-14,17-19,21,23-24,31,35H,15-16,20,22H2,1-4H3. The van der Waals surface area contributed by atoms with E-state index in [4.69, 9.17) is 4.43 Å². The van der Waals surface area contributed by atoms with Crippen molar-refractivity contribution in [3.63, 3.8) is 0 Å². The van der Waals surface area contributed by atoms with Crippen LogP contribution in [-0.2, 0) is 11.0 Å². The van der Waals surface area contributed by atoms with E-state index < -0.39 is 8.32 Å². The van der Waals surface area contributed by atoms with Crippen LogP contribution >= 0.6 is 15.9 Å². The summed E-state index contributed by atoms with van der Waals surface area (Å²) in [6.45, 7) is 10.8. The Balaban J connectivity index is 1.46. The first-order chi connectivity index (χ1) is 17.7. The van der Waals surface area contributed by atoms with Crippen molar-refractivity contribution in [2.75, 3.05) is 6.61 Å². The zero-order valence-electron chi connectivity index (χ0n) is 22.3. The maximum atomic E-state index is 11.0. The molecule has 1 saturated carbocycles. The molecule has 1 N–H and O–H groups in total. The van der Waals surface area contributed by atoms with Crippen LogP contribution < -0.4 is 10.4 Å². The lowest BCUT2D eigenvalue weighted by molar-refractivity contribution is 0.155. The van der Waals surface area contributed by atoms with Gasteiger partial charge in [-0.2, -0.15) is 0 Å². The third kappa shape index (κ3) is 5.24. The Kier molecular flexibility index (Phi) is 7.52. The van der Waals surface area contributed by atoms with Crippen molar-refractivity contribution >= 4 is 45.5 Å². The van der Waals surface area contributed by atoms with Gasteiger partial charge in [0, 0.05) is 40.3 Å². The fourth-order valence-electron chi connectivity index (χ4n) is 5.76. The van der Waals surface area contributed by atoms with Gasteiger partial charge in [0.15, 0.2) is 0 Å². The Morgan fingerprint density at radius 2 is 1.57 bits per heavy atom. The molecule has 3 nitrogen and oxygen atoms in total. The summed E-state index contributed by atoms with van der Waals surface area (Å²) in [5.74, 6) is 0.695. The van der Waals surface area contributed by atoms with Crippen molar-refractivity contribution in [2.45, 2.75) is 58.2 Å². The first kappa shape index (κ1) is 26.4. The van der Waals surface area contributed by atoms with Gasteiger partial charge in [-0.1, -0.05) is 110 Å². The van der Waals surface area contributed by atoms with Crippen LogP contribution in [-0.4, -0.2) is 24.6 Å². The molecule has 1 fully saturated rings. The number of hydrogen-bond acceptors (Lipinski definition) is 2. The summed E-state index contributed by atoms with van der Waals surface area (Å²) < 4.78 is 10.6. The van der Waals surface area contributed by atoms with Crippen LogP contribution in [0.15, 0.2) is 89.5 Å². The number of nitrogens with zero attached hydrogens (tertiary/aromatic N) is 1. The third-order valence-electron chi connectivity index (χ3n) is 7.77. The molecule has 2 unspecified atom stereocenters. The predicted molar refractivity (Wildman–Crippen MR) is 160 cm³/mol. The van der Waals surface area contributed by atoms with Gasteiger partial charge in [0.1, 0.15) is 0 Å². The largest absolute Gasteiger partial charge is 0.407 e. The number of aliphatic hydroxyl groups excluding tert-OH is 1. The van der Waals surface area contributed by atoms with Crippen molar-refractivity contribution in [1.29, 1.82) is 0 Å². The van der Waals surface area contributed by atoms with Crippen LogP contribution in [0, 0.1) is 11.8 Å². The van der Waals surface area contributed by atoms with Gasteiger partial charge in [-0.25, -0.2) is 0 Å². The minimum Gasteiger partial charge on any atom is -0.407 e. The average Bonchev–Trinajstić information content (AvgIpc) is 3.68. The quantitative estimate of drug-likeness (QED) is 0.217. The van der Waals surface area contributed by atoms with E-state index in [1.165, 1.54) is 15.9 Å². The molecule has 0 saturated heterocycles. The molecule has 0 spiro atoms. The van der Waals surface area contributed by atoms with Gasteiger partial charge in [0.25, 0.3) is 8.32 Å². The number of hydrogen-bond donors (Lipinski definition) is 1. The fourth-order valence-corrected chi connectivity index (χ4v) is 10.8. The predicted octanol–water partition coefficient (Wildman–Crippen LogP) is 7.06. The maximum Gasteiger partial charge on any atom is 0.261 e. The minimum atomic E-state index is -2.57. The van der Waals surface area contributed by atoms with Gasteiger partial charge in [0.05, 0.1) is 6.10 Å². The van der Waals surface area contributed by atoms with Crippen LogP contribution in [0.4, 0.5) is 0 Å². The van der Waals surface area contributed by atoms with Gasteiger partial charge < -0.3 is 14.1 Å². The number of aromatic nitrogens is 1. The Morgan fingerprint density at radius 1 is 0.973 bits per heavy atom. The highest BCUT2D eigenvalue weighted by molar-refractivity contribution is 9.10. The van der Waals surface area contributed by atoms with Crippen LogP contribution in [0.5, 0.6) is 0 Å². The summed E-state index contributed by atoms with van der Waals surface area (Å²) >= 11 is 3.66. The number of halogens is 1. The number of aliphatic hydroxyl groups is 1. The highest BCUT2D eigenvalue weighted by atomic mass is 79.9. The fraction of sp³-hybridized carbons (Fsp3) is 0.375. The highest BCUT2D eigenvalue weighted by Gasteiger charge is 2.50. The summed E-state index contributed by atoms with van der Waals surface area (Å²) in [7, 11) is -2.57. The summed E-state index contributed by atoms with van der Waals surface area (Å²) in [5.41, 5.74) is 2.23. The average molecular weight is 577 g/mol. The molecule has 2 atom stereocenters. The van der Waals surface area contributed by atoms with Gasteiger partial charge in [-0.3, -0.25) is 0 Å². The molecular weight excluding hydrogens is 538 g/mol. The lowest BCUT2D eigenvalue weighted by atomic mass is 10.0. The van der Waals surface area contributed by atoms with Crippen LogP contribution in [0.3, 0.4) is 0 Å². The van der Waals surface area contributed by atoms with Gasteiger partial charge >= 0.3 is 0 Å². The zero-order valence-corrected chi connectivity index (χ0v) is 24.9. The van der Waals surface area contributed by atoms with E-state index in [1.807, 2.05) is 0 Å². The smallest absolute Gasteiger partial charge is 0.261 e. The van der Waals surface area contributed by atoms with Gasteiger partial charge in [0.2, 0.25) is 0 Å². The van der Waals surface area contributed by atoms with E-state index in [0.29, 0.717) is 18.4 Å². The summed E-state index contributed by atoms with van der Waals surface area (Å²) in [4.78, 5) is 0. The molecule has 0 amide bonds. The first-order valence-electron chi connectivity index (χ1n) is 13.4. The first-order valence-corrected chi connectivity index (χ1v) is 16.1. The van der Waals surface area contributed by atoms with E-state index in [1.54, 1.807) is 0 Å². The molecule has 1 heterocycles. The lowest BCUT2D eigenvalue weighted by Crippen LogP contribution is -2.66.